The minimum absolute atomic E-state index is 0.0846. The zero-order valence-electron chi connectivity index (χ0n) is 21.2. The summed E-state index contributed by atoms with van der Waals surface area (Å²) >= 11 is 5.69. The minimum Gasteiger partial charge on any atom is -0.493 e. The number of nitrogens with zero attached hydrogens (tertiary/aromatic N) is 3. The fraction of sp³-hybridized carbons (Fsp3) is 0.630. The highest BCUT2D eigenvalue weighted by molar-refractivity contribution is 7.80. The Morgan fingerprint density at radius 2 is 1.79 bits per heavy atom. The monoisotopic (exact) mass is 486 g/mol. The fourth-order valence-corrected chi connectivity index (χ4v) is 5.30. The SMILES string of the molecule is CCOc1ccccc1C=CC(=O)N1CCC2(CC1)CCN(C(=S)NCCCN(CC)CC)C2. The lowest BCUT2D eigenvalue weighted by Crippen LogP contribution is -2.45. The van der Waals surface area contributed by atoms with Crippen LogP contribution in [0.3, 0.4) is 0 Å². The van der Waals surface area contributed by atoms with Crippen molar-refractivity contribution in [2.45, 2.75) is 46.5 Å². The molecule has 1 spiro atoms. The van der Waals surface area contributed by atoms with Gasteiger partial charge in [0.15, 0.2) is 5.11 Å². The van der Waals surface area contributed by atoms with Crippen molar-refractivity contribution in [3.63, 3.8) is 0 Å². The third-order valence-electron chi connectivity index (χ3n) is 7.31. The Balaban J connectivity index is 1.43. The number of piperidine rings is 1. The van der Waals surface area contributed by atoms with Crippen LogP contribution in [-0.4, -0.2) is 84.7 Å². The quantitative estimate of drug-likeness (QED) is 0.306. The summed E-state index contributed by atoms with van der Waals surface area (Å²) in [5.41, 5.74) is 1.23. The molecule has 0 bridgehead atoms. The number of hydrogen-bond donors (Lipinski definition) is 1. The molecule has 188 valence electrons. The molecular formula is C27H42N4O2S. The summed E-state index contributed by atoms with van der Waals surface area (Å²) in [6, 6.07) is 7.84. The number of likely N-dealkylation sites (tertiary alicyclic amines) is 2. The van der Waals surface area contributed by atoms with E-state index in [0.29, 0.717) is 6.61 Å². The first-order chi connectivity index (χ1) is 16.5. The van der Waals surface area contributed by atoms with Crippen molar-refractivity contribution in [2.75, 3.05) is 59.0 Å². The molecule has 0 saturated carbocycles. The molecule has 2 heterocycles. The number of hydrogen-bond acceptors (Lipinski definition) is 4. The van der Waals surface area contributed by atoms with Gasteiger partial charge in [0.1, 0.15) is 5.75 Å². The van der Waals surface area contributed by atoms with E-state index in [9.17, 15) is 4.79 Å². The first-order valence-corrected chi connectivity index (χ1v) is 13.3. The summed E-state index contributed by atoms with van der Waals surface area (Å²) in [5, 5.41) is 4.36. The topological polar surface area (TPSA) is 48.1 Å². The molecule has 2 aliphatic rings. The van der Waals surface area contributed by atoms with Gasteiger partial charge in [0.25, 0.3) is 0 Å². The minimum atomic E-state index is 0.0846. The van der Waals surface area contributed by atoms with Crippen molar-refractivity contribution in [3.8, 4) is 5.75 Å². The predicted octanol–water partition coefficient (Wildman–Crippen LogP) is 4.02. The fourth-order valence-electron chi connectivity index (χ4n) is 5.04. The van der Waals surface area contributed by atoms with E-state index in [-0.39, 0.29) is 11.3 Å². The Bertz CT molecular complexity index is 832. The van der Waals surface area contributed by atoms with Gasteiger partial charge in [-0.2, -0.15) is 0 Å². The molecule has 3 rings (SSSR count). The van der Waals surface area contributed by atoms with Crippen molar-refractivity contribution < 1.29 is 9.53 Å². The number of para-hydroxylation sites is 1. The zero-order chi connectivity index (χ0) is 24.4. The number of rotatable bonds is 10. The van der Waals surface area contributed by atoms with Crippen LogP contribution in [0.2, 0.25) is 0 Å². The lowest BCUT2D eigenvalue weighted by Gasteiger charge is -2.39. The van der Waals surface area contributed by atoms with Crippen LogP contribution in [0.25, 0.3) is 6.08 Å². The Labute approximate surface area is 211 Å². The van der Waals surface area contributed by atoms with Gasteiger partial charge < -0.3 is 24.8 Å². The van der Waals surface area contributed by atoms with Crippen molar-refractivity contribution in [1.29, 1.82) is 0 Å². The van der Waals surface area contributed by atoms with Crippen LogP contribution in [0.5, 0.6) is 5.75 Å². The molecule has 2 saturated heterocycles. The highest BCUT2D eigenvalue weighted by Crippen LogP contribution is 2.40. The Morgan fingerprint density at radius 1 is 1.12 bits per heavy atom. The first-order valence-electron chi connectivity index (χ1n) is 12.9. The summed E-state index contributed by atoms with van der Waals surface area (Å²) in [6.07, 6.45) is 7.92. The maximum absolute atomic E-state index is 12.8. The van der Waals surface area contributed by atoms with Crippen molar-refractivity contribution in [1.82, 2.24) is 20.0 Å². The normalized spacial score (nSPS) is 17.6. The van der Waals surface area contributed by atoms with Gasteiger partial charge in [0.05, 0.1) is 6.61 Å². The lowest BCUT2D eigenvalue weighted by molar-refractivity contribution is -0.128. The zero-order valence-corrected chi connectivity index (χ0v) is 22.0. The number of carbonyl (C=O) groups is 1. The van der Waals surface area contributed by atoms with E-state index in [0.717, 1.165) is 94.5 Å². The Morgan fingerprint density at radius 3 is 2.47 bits per heavy atom. The van der Waals surface area contributed by atoms with Crippen LogP contribution in [0.4, 0.5) is 0 Å². The molecule has 0 unspecified atom stereocenters. The van der Waals surface area contributed by atoms with E-state index in [1.165, 1.54) is 0 Å². The number of thiocarbonyl (C=S) groups is 1. The molecule has 1 aromatic rings. The number of benzene rings is 1. The predicted molar refractivity (Wildman–Crippen MR) is 144 cm³/mol. The highest BCUT2D eigenvalue weighted by atomic mass is 32.1. The third kappa shape index (κ3) is 7.19. The maximum Gasteiger partial charge on any atom is 0.246 e. The molecule has 34 heavy (non-hydrogen) atoms. The summed E-state index contributed by atoms with van der Waals surface area (Å²) in [6.45, 7) is 14.9. The van der Waals surface area contributed by atoms with E-state index < -0.39 is 0 Å². The molecule has 0 aromatic heterocycles. The van der Waals surface area contributed by atoms with Crippen molar-refractivity contribution in [2.24, 2.45) is 5.41 Å². The second-order valence-electron chi connectivity index (χ2n) is 9.41. The van der Waals surface area contributed by atoms with Crippen LogP contribution in [0.1, 0.15) is 52.0 Å². The standard InChI is InChI=1S/C27H42N4O2S/c1-4-29(5-2)18-9-17-28-26(34)31-21-16-27(22-31)14-19-30(20-15-27)25(32)13-12-23-10-7-8-11-24(23)33-6-3/h7-8,10-13H,4-6,9,14-22H2,1-3H3,(H,28,34). The van der Waals surface area contributed by atoms with Crippen LogP contribution in [-0.2, 0) is 4.79 Å². The van der Waals surface area contributed by atoms with Gasteiger partial charge in [-0.3, -0.25) is 4.79 Å². The number of nitrogens with one attached hydrogen (secondary N) is 1. The number of carbonyl (C=O) groups excluding carboxylic acids is 1. The van der Waals surface area contributed by atoms with Crippen LogP contribution >= 0.6 is 12.2 Å². The van der Waals surface area contributed by atoms with Gasteiger partial charge in [-0.1, -0.05) is 32.0 Å². The van der Waals surface area contributed by atoms with Gasteiger partial charge in [-0.05, 0) is 82.0 Å². The molecular weight excluding hydrogens is 444 g/mol. The smallest absolute Gasteiger partial charge is 0.246 e. The molecule has 2 fully saturated rings. The molecule has 0 aliphatic carbocycles. The summed E-state index contributed by atoms with van der Waals surface area (Å²) in [7, 11) is 0. The molecule has 6 nitrogen and oxygen atoms in total. The van der Waals surface area contributed by atoms with E-state index >= 15 is 0 Å². The average molecular weight is 487 g/mol. The van der Waals surface area contributed by atoms with Gasteiger partial charge in [-0.15, -0.1) is 0 Å². The van der Waals surface area contributed by atoms with Crippen LogP contribution in [0.15, 0.2) is 30.3 Å². The number of ether oxygens (including phenoxy) is 1. The Kier molecular flexibility index (Phi) is 10.2. The van der Waals surface area contributed by atoms with Crippen molar-refractivity contribution in [3.05, 3.63) is 35.9 Å². The van der Waals surface area contributed by atoms with E-state index in [1.807, 2.05) is 42.2 Å². The molecule has 0 radical (unpaired) electrons. The molecule has 7 heteroatoms. The Hall–Kier alpha value is -2.12. The summed E-state index contributed by atoms with van der Waals surface area (Å²) in [5.74, 6) is 0.900. The maximum atomic E-state index is 12.8. The van der Waals surface area contributed by atoms with E-state index in [2.05, 4.69) is 29.0 Å². The number of amides is 1. The molecule has 2 aliphatic heterocycles. The highest BCUT2D eigenvalue weighted by Gasteiger charge is 2.41. The lowest BCUT2D eigenvalue weighted by atomic mass is 9.78. The average Bonchev–Trinajstić information content (AvgIpc) is 3.27. The van der Waals surface area contributed by atoms with E-state index in [4.69, 9.17) is 17.0 Å². The molecule has 1 N–H and O–H groups in total. The molecule has 0 atom stereocenters. The van der Waals surface area contributed by atoms with Crippen molar-refractivity contribution >= 4 is 29.3 Å². The second kappa shape index (κ2) is 13.1. The summed E-state index contributed by atoms with van der Waals surface area (Å²) in [4.78, 5) is 19.6. The van der Waals surface area contributed by atoms with Gasteiger partial charge in [-0.25, -0.2) is 0 Å². The van der Waals surface area contributed by atoms with Gasteiger partial charge >= 0.3 is 0 Å². The first kappa shape index (κ1) is 26.5. The summed E-state index contributed by atoms with van der Waals surface area (Å²) < 4.78 is 5.66. The second-order valence-corrected chi connectivity index (χ2v) is 9.80. The van der Waals surface area contributed by atoms with Gasteiger partial charge in [0.2, 0.25) is 5.91 Å². The third-order valence-corrected chi connectivity index (χ3v) is 7.71. The van der Waals surface area contributed by atoms with Gasteiger partial charge in [0, 0.05) is 44.4 Å². The van der Waals surface area contributed by atoms with Crippen LogP contribution < -0.4 is 10.1 Å². The molecule has 1 aromatic carbocycles. The van der Waals surface area contributed by atoms with E-state index in [1.54, 1.807) is 6.08 Å². The van der Waals surface area contributed by atoms with Crippen LogP contribution in [0, 0.1) is 5.41 Å². The largest absolute Gasteiger partial charge is 0.493 e. The molecule has 1 amide bonds.